The third kappa shape index (κ3) is 4.15. The van der Waals surface area contributed by atoms with E-state index >= 15 is 0 Å². The Morgan fingerprint density at radius 1 is 1.16 bits per heavy atom. The first-order valence-corrected chi connectivity index (χ1v) is 13.2. The fourth-order valence-electron chi connectivity index (χ4n) is 5.42. The van der Waals surface area contributed by atoms with Gasteiger partial charge in [-0.1, -0.05) is 19.1 Å². The molecule has 2 aliphatic rings. The Balaban J connectivity index is 1.38. The van der Waals surface area contributed by atoms with Crippen LogP contribution in [0.4, 0.5) is 17.3 Å². The molecule has 1 aliphatic heterocycles. The number of piperazine rings is 1. The predicted molar refractivity (Wildman–Crippen MR) is 148 cm³/mol. The van der Waals surface area contributed by atoms with Crippen molar-refractivity contribution in [3.63, 3.8) is 0 Å². The maximum absolute atomic E-state index is 13.3. The highest BCUT2D eigenvalue weighted by Crippen LogP contribution is 2.38. The van der Waals surface area contributed by atoms with Crippen molar-refractivity contribution in [3.8, 4) is 5.82 Å². The molecule has 0 radical (unpaired) electrons. The van der Waals surface area contributed by atoms with Crippen LogP contribution in [0.15, 0.2) is 60.0 Å². The molecule has 0 spiro atoms. The van der Waals surface area contributed by atoms with Gasteiger partial charge in [0.1, 0.15) is 11.0 Å². The van der Waals surface area contributed by atoms with E-state index in [9.17, 15) is 9.90 Å². The summed E-state index contributed by atoms with van der Waals surface area (Å²) in [6.45, 7) is 10.0. The van der Waals surface area contributed by atoms with E-state index in [1.807, 2.05) is 31.2 Å². The zero-order chi connectivity index (χ0) is 26.3. The van der Waals surface area contributed by atoms with Crippen molar-refractivity contribution in [2.45, 2.75) is 38.3 Å². The van der Waals surface area contributed by atoms with Crippen molar-refractivity contribution in [2.24, 2.45) is 0 Å². The molecule has 1 aliphatic carbocycles. The molecular weight excluding hydrogens is 480 g/mol. The van der Waals surface area contributed by atoms with Gasteiger partial charge in [-0.3, -0.25) is 4.79 Å². The van der Waals surface area contributed by atoms with Crippen LogP contribution < -0.4 is 21.1 Å². The van der Waals surface area contributed by atoms with E-state index in [2.05, 4.69) is 39.2 Å². The standard InChI is InChI=1S/C28H32N8O2/c1-3-15-35-26(37)22-18-30-27(31-20-6-8-21(9-7-20)34-16-13-29-14-17-34)33-25(22)36(35)23-10-5-19-11-12-28(38,4-2)24(19)32-23/h3,5-10,18,29,38H,1,4,11-17H2,2H3,(H,30,31,33)/t28-/m0/s1. The minimum atomic E-state index is -0.962. The monoisotopic (exact) mass is 512 g/mol. The Morgan fingerprint density at radius 2 is 1.95 bits per heavy atom. The second kappa shape index (κ2) is 9.70. The average Bonchev–Trinajstić information content (AvgIpc) is 3.43. The van der Waals surface area contributed by atoms with Crippen molar-refractivity contribution in [1.82, 2.24) is 29.6 Å². The molecule has 1 saturated heterocycles. The van der Waals surface area contributed by atoms with Gasteiger partial charge in [0.2, 0.25) is 5.95 Å². The van der Waals surface area contributed by atoms with Gasteiger partial charge in [0.05, 0.1) is 12.2 Å². The van der Waals surface area contributed by atoms with Crippen LogP contribution in [-0.2, 0) is 18.6 Å². The summed E-state index contributed by atoms with van der Waals surface area (Å²) in [4.78, 5) is 29.7. The van der Waals surface area contributed by atoms with Gasteiger partial charge in [0.25, 0.3) is 5.56 Å². The van der Waals surface area contributed by atoms with Crippen LogP contribution in [0.1, 0.15) is 31.0 Å². The molecule has 1 atom stereocenters. The van der Waals surface area contributed by atoms with E-state index in [1.54, 1.807) is 21.6 Å². The summed E-state index contributed by atoms with van der Waals surface area (Å²) in [6, 6.07) is 12.1. The van der Waals surface area contributed by atoms with Crippen LogP contribution in [0.5, 0.6) is 0 Å². The number of rotatable bonds is 7. The third-order valence-corrected chi connectivity index (χ3v) is 7.60. The van der Waals surface area contributed by atoms with Crippen molar-refractivity contribution < 1.29 is 5.11 Å². The van der Waals surface area contributed by atoms with Gasteiger partial charge in [0.15, 0.2) is 11.5 Å². The molecule has 10 heteroatoms. The van der Waals surface area contributed by atoms with Crippen LogP contribution in [0.25, 0.3) is 16.9 Å². The van der Waals surface area contributed by atoms with Gasteiger partial charge in [0, 0.05) is 43.8 Å². The summed E-state index contributed by atoms with van der Waals surface area (Å²) < 4.78 is 3.25. The molecule has 0 saturated carbocycles. The van der Waals surface area contributed by atoms with E-state index in [4.69, 9.17) is 9.97 Å². The van der Waals surface area contributed by atoms with Crippen molar-refractivity contribution >= 4 is 28.4 Å². The molecule has 6 rings (SSSR count). The molecule has 10 nitrogen and oxygen atoms in total. The number of benzene rings is 1. The summed E-state index contributed by atoms with van der Waals surface area (Å²) in [7, 11) is 0. The van der Waals surface area contributed by atoms with E-state index in [0.717, 1.165) is 43.9 Å². The number of nitrogens with zero attached hydrogens (tertiary/aromatic N) is 6. The second-order valence-electron chi connectivity index (χ2n) is 9.89. The zero-order valence-corrected chi connectivity index (χ0v) is 21.5. The van der Waals surface area contributed by atoms with Gasteiger partial charge in [-0.15, -0.1) is 6.58 Å². The number of hydrogen-bond donors (Lipinski definition) is 3. The number of anilines is 3. The number of nitrogens with one attached hydrogen (secondary N) is 2. The molecule has 4 aromatic rings. The number of aryl methyl sites for hydroxylation is 1. The largest absolute Gasteiger partial charge is 0.384 e. The molecule has 196 valence electrons. The van der Waals surface area contributed by atoms with Crippen LogP contribution in [0.2, 0.25) is 0 Å². The van der Waals surface area contributed by atoms with Gasteiger partial charge >= 0.3 is 0 Å². The Hall–Kier alpha value is -4.02. The van der Waals surface area contributed by atoms with Crippen LogP contribution in [0, 0.1) is 0 Å². The lowest BCUT2D eigenvalue weighted by Crippen LogP contribution is -2.43. The van der Waals surface area contributed by atoms with Gasteiger partial charge in [-0.2, -0.15) is 4.98 Å². The summed E-state index contributed by atoms with van der Waals surface area (Å²) in [5.41, 5.74) is 3.00. The summed E-state index contributed by atoms with van der Waals surface area (Å²) in [5, 5.41) is 18.2. The number of pyridine rings is 1. The number of fused-ring (bicyclic) bond motifs is 2. The lowest BCUT2D eigenvalue weighted by atomic mass is 9.98. The lowest BCUT2D eigenvalue weighted by molar-refractivity contribution is 0.0306. The van der Waals surface area contributed by atoms with E-state index in [0.29, 0.717) is 41.3 Å². The Bertz CT molecular complexity index is 1550. The SMILES string of the molecule is C=CCn1c(=O)c2cnc(Nc3ccc(N4CCNCC4)cc3)nc2n1-c1ccc2c(n1)[C@](O)(CC)CC2. The molecule has 1 aromatic carbocycles. The smallest absolute Gasteiger partial charge is 0.278 e. The predicted octanol–water partition coefficient (Wildman–Crippen LogP) is 2.86. The van der Waals surface area contributed by atoms with Crippen LogP contribution in [-0.4, -0.2) is 55.6 Å². The minimum Gasteiger partial charge on any atom is -0.384 e. The number of allylic oxidation sites excluding steroid dienone is 1. The highest BCUT2D eigenvalue weighted by atomic mass is 16.3. The van der Waals surface area contributed by atoms with Crippen molar-refractivity contribution in [1.29, 1.82) is 0 Å². The summed E-state index contributed by atoms with van der Waals surface area (Å²) in [5.74, 6) is 0.902. The second-order valence-corrected chi connectivity index (χ2v) is 9.89. The highest BCUT2D eigenvalue weighted by Gasteiger charge is 2.37. The maximum Gasteiger partial charge on any atom is 0.278 e. The van der Waals surface area contributed by atoms with Gasteiger partial charge in [-0.25, -0.2) is 19.3 Å². The van der Waals surface area contributed by atoms with Crippen LogP contribution >= 0.6 is 0 Å². The molecule has 3 aromatic heterocycles. The Kier molecular flexibility index (Phi) is 6.21. The molecule has 3 N–H and O–H groups in total. The van der Waals surface area contributed by atoms with Gasteiger partial charge in [-0.05, 0) is 55.2 Å². The Morgan fingerprint density at radius 3 is 2.68 bits per heavy atom. The van der Waals surface area contributed by atoms with Crippen molar-refractivity contribution in [2.75, 3.05) is 36.4 Å². The van der Waals surface area contributed by atoms with E-state index < -0.39 is 5.60 Å². The fraction of sp³-hybridized carbons (Fsp3) is 0.357. The molecule has 0 amide bonds. The molecule has 4 heterocycles. The molecule has 38 heavy (non-hydrogen) atoms. The normalized spacial score (nSPS) is 19.1. The number of aliphatic hydroxyl groups is 1. The maximum atomic E-state index is 13.3. The topological polar surface area (TPSA) is 113 Å². The van der Waals surface area contributed by atoms with Crippen molar-refractivity contribution in [3.05, 3.63) is 76.9 Å². The van der Waals surface area contributed by atoms with E-state index in [1.165, 1.54) is 5.69 Å². The average molecular weight is 513 g/mol. The molecule has 0 unspecified atom stereocenters. The molecule has 1 fully saturated rings. The summed E-state index contributed by atoms with van der Waals surface area (Å²) in [6.07, 6.45) is 5.21. The fourth-order valence-corrected chi connectivity index (χ4v) is 5.42. The minimum absolute atomic E-state index is 0.222. The number of aromatic nitrogens is 5. The third-order valence-electron chi connectivity index (χ3n) is 7.60. The molecular formula is C28H32N8O2. The van der Waals surface area contributed by atoms with Gasteiger partial charge < -0.3 is 20.6 Å². The quantitative estimate of drug-likeness (QED) is 0.324. The van der Waals surface area contributed by atoms with E-state index in [-0.39, 0.29) is 12.1 Å². The first-order valence-electron chi connectivity index (χ1n) is 13.2. The van der Waals surface area contributed by atoms with Crippen LogP contribution in [0.3, 0.4) is 0 Å². The zero-order valence-electron chi connectivity index (χ0n) is 21.5. The Labute approximate surface area is 220 Å². The number of hydrogen-bond acceptors (Lipinski definition) is 8. The lowest BCUT2D eigenvalue weighted by Gasteiger charge is -2.29. The first-order chi connectivity index (χ1) is 18.5. The highest BCUT2D eigenvalue weighted by molar-refractivity contribution is 5.77. The molecule has 0 bridgehead atoms. The summed E-state index contributed by atoms with van der Waals surface area (Å²) >= 11 is 0. The first kappa shape index (κ1) is 24.3.